The largest absolute Gasteiger partial charge is 0.497 e. The van der Waals surface area contributed by atoms with E-state index in [2.05, 4.69) is 16.0 Å². The first-order valence-corrected chi connectivity index (χ1v) is 12.2. The fraction of sp³-hybridized carbons (Fsp3) is 0.462. The van der Waals surface area contributed by atoms with Crippen LogP contribution in [0, 0.1) is 0 Å². The van der Waals surface area contributed by atoms with Gasteiger partial charge in [-0.05, 0) is 62.6 Å². The highest BCUT2D eigenvalue weighted by Crippen LogP contribution is 2.29. The number of benzene rings is 2. The molecule has 192 valence electrons. The van der Waals surface area contributed by atoms with E-state index in [0.29, 0.717) is 29.5 Å². The van der Waals surface area contributed by atoms with Gasteiger partial charge in [0, 0.05) is 24.1 Å². The summed E-state index contributed by atoms with van der Waals surface area (Å²) in [5.74, 6) is 1.14. The minimum absolute atomic E-state index is 0.226. The van der Waals surface area contributed by atoms with Gasteiger partial charge in [0.1, 0.15) is 23.8 Å². The Balaban J connectivity index is 1.76. The number of aldehydes is 1. The lowest BCUT2D eigenvalue weighted by atomic mass is 10.1. The van der Waals surface area contributed by atoms with Crippen LogP contribution < -0.4 is 25.4 Å². The van der Waals surface area contributed by atoms with Gasteiger partial charge in [0.05, 0.1) is 32.1 Å². The third kappa shape index (κ3) is 10.5. The molecule has 2 atom stereocenters. The molecular weight excluding hydrogens is 470 g/mol. The van der Waals surface area contributed by atoms with Crippen LogP contribution >= 0.6 is 11.6 Å². The number of halogens is 1. The molecule has 2 aromatic carbocycles. The average molecular weight is 506 g/mol. The van der Waals surface area contributed by atoms with Gasteiger partial charge in [0.25, 0.3) is 0 Å². The monoisotopic (exact) mass is 505 g/mol. The first-order chi connectivity index (χ1) is 17.0. The van der Waals surface area contributed by atoms with E-state index in [1.165, 1.54) is 5.56 Å². The number of anilines is 1. The maximum absolute atomic E-state index is 12.5. The number of amides is 1. The third-order valence-corrected chi connectivity index (χ3v) is 5.64. The second kappa shape index (κ2) is 16.0. The predicted molar refractivity (Wildman–Crippen MR) is 138 cm³/mol. The van der Waals surface area contributed by atoms with Crippen molar-refractivity contribution in [2.45, 2.75) is 51.2 Å². The molecule has 0 radical (unpaired) electrons. The van der Waals surface area contributed by atoms with Gasteiger partial charge in [-0.25, -0.2) is 0 Å². The van der Waals surface area contributed by atoms with Gasteiger partial charge in [-0.3, -0.25) is 4.79 Å². The molecule has 4 N–H and O–H groups in total. The molecule has 0 spiro atoms. The highest BCUT2D eigenvalue weighted by atomic mass is 35.5. The summed E-state index contributed by atoms with van der Waals surface area (Å²) in [6, 6.07) is 12.2. The normalized spacial score (nSPS) is 12.5. The Labute approximate surface area is 212 Å². The number of unbranched alkanes of at least 4 members (excludes halogenated alkanes) is 1. The van der Waals surface area contributed by atoms with Crippen molar-refractivity contribution in [2.24, 2.45) is 0 Å². The number of hydrogen-bond acceptors (Lipinski definition) is 7. The highest BCUT2D eigenvalue weighted by Gasteiger charge is 2.18. The Hall–Kier alpha value is -2.81. The van der Waals surface area contributed by atoms with Crippen molar-refractivity contribution in [3.63, 3.8) is 0 Å². The summed E-state index contributed by atoms with van der Waals surface area (Å²) >= 11 is 6.15. The molecule has 0 aliphatic heterocycles. The van der Waals surface area contributed by atoms with Crippen LogP contribution in [0.25, 0.3) is 0 Å². The van der Waals surface area contributed by atoms with E-state index in [1.807, 2.05) is 24.3 Å². The number of hydrogen-bond donors (Lipinski definition) is 4. The molecule has 0 bridgehead atoms. The summed E-state index contributed by atoms with van der Waals surface area (Å²) in [7, 11) is 1.65. The van der Waals surface area contributed by atoms with Gasteiger partial charge in [0.2, 0.25) is 5.91 Å². The van der Waals surface area contributed by atoms with Crippen molar-refractivity contribution in [1.29, 1.82) is 0 Å². The molecule has 0 aliphatic rings. The third-order valence-electron chi connectivity index (χ3n) is 5.40. The molecule has 1 amide bonds. The lowest BCUT2D eigenvalue weighted by Crippen LogP contribution is -2.44. The lowest BCUT2D eigenvalue weighted by Gasteiger charge is -2.21. The van der Waals surface area contributed by atoms with Gasteiger partial charge >= 0.3 is 0 Å². The molecule has 2 rings (SSSR count). The Bertz CT molecular complexity index is 910. The summed E-state index contributed by atoms with van der Waals surface area (Å²) in [6.45, 7) is 3.66. The van der Waals surface area contributed by atoms with E-state index in [0.717, 1.165) is 38.0 Å². The second-order valence-corrected chi connectivity index (χ2v) is 8.66. The number of nitrogens with one attached hydrogen (secondary N) is 3. The number of ether oxygens (including phenoxy) is 2. The lowest BCUT2D eigenvalue weighted by molar-refractivity contribution is -0.122. The van der Waals surface area contributed by atoms with E-state index >= 15 is 0 Å². The Morgan fingerprint density at radius 3 is 2.63 bits per heavy atom. The van der Waals surface area contributed by atoms with Gasteiger partial charge in [-0.2, -0.15) is 0 Å². The summed E-state index contributed by atoms with van der Waals surface area (Å²) in [6.07, 6.45) is 3.24. The molecule has 2 aromatic rings. The second-order valence-electron chi connectivity index (χ2n) is 8.22. The van der Waals surface area contributed by atoms with Crippen LogP contribution in [0.3, 0.4) is 0 Å². The molecule has 0 saturated heterocycles. The van der Waals surface area contributed by atoms with Gasteiger partial charge in [-0.1, -0.05) is 23.7 Å². The summed E-state index contributed by atoms with van der Waals surface area (Å²) in [5.41, 5.74) is 1.85. The highest BCUT2D eigenvalue weighted by molar-refractivity contribution is 6.30. The average Bonchev–Trinajstić information content (AvgIpc) is 2.87. The Morgan fingerprint density at radius 1 is 1.17 bits per heavy atom. The minimum Gasteiger partial charge on any atom is -0.497 e. The van der Waals surface area contributed by atoms with Crippen molar-refractivity contribution < 1.29 is 24.2 Å². The molecule has 0 saturated carbocycles. The summed E-state index contributed by atoms with van der Waals surface area (Å²) in [4.78, 5) is 23.1. The molecule has 35 heavy (non-hydrogen) atoms. The maximum atomic E-state index is 12.5. The van der Waals surface area contributed by atoms with Crippen molar-refractivity contribution >= 4 is 29.5 Å². The number of carbonyl (C=O) groups excluding carboxylic acids is 2. The molecule has 0 aromatic heterocycles. The molecule has 1 unspecified atom stereocenters. The number of rotatable bonds is 17. The molecule has 0 fully saturated rings. The summed E-state index contributed by atoms with van der Waals surface area (Å²) in [5, 5.41) is 19.3. The standard InChI is InChI=1S/C26H36ClN3O5/c1-19(26(33)30-22(18-32)6-5-14-31)29-24-12-9-21(27)16-25(24)35-15-4-3-13-28-17-20-7-10-23(34-2)11-8-20/h7-12,14,16,19,22,28-29,32H,3-6,13,15,17-18H2,1-2H3,(H,30,33)/t19-,22?/m1/s1. The maximum Gasteiger partial charge on any atom is 0.242 e. The zero-order valence-corrected chi connectivity index (χ0v) is 21.1. The van der Waals surface area contributed by atoms with E-state index in [1.54, 1.807) is 32.2 Å². The first-order valence-electron chi connectivity index (χ1n) is 11.8. The van der Waals surface area contributed by atoms with Gasteiger partial charge in [0.15, 0.2) is 0 Å². The van der Waals surface area contributed by atoms with Crippen molar-refractivity contribution in [1.82, 2.24) is 10.6 Å². The first kappa shape index (κ1) is 28.4. The fourth-order valence-electron chi connectivity index (χ4n) is 3.35. The van der Waals surface area contributed by atoms with Crippen LogP contribution in [-0.4, -0.2) is 56.3 Å². The number of methoxy groups -OCH3 is 1. The molecular formula is C26H36ClN3O5. The number of aliphatic hydroxyl groups is 1. The zero-order chi connectivity index (χ0) is 25.5. The van der Waals surface area contributed by atoms with Crippen molar-refractivity contribution in [2.75, 3.05) is 32.2 Å². The predicted octanol–water partition coefficient (Wildman–Crippen LogP) is 3.55. The van der Waals surface area contributed by atoms with Crippen LogP contribution in [0.5, 0.6) is 11.5 Å². The smallest absolute Gasteiger partial charge is 0.242 e. The number of aliphatic hydroxyl groups excluding tert-OH is 1. The van der Waals surface area contributed by atoms with Crippen LogP contribution in [-0.2, 0) is 16.1 Å². The topological polar surface area (TPSA) is 109 Å². The minimum atomic E-state index is -0.578. The van der Waals surface area contributed by atoms with Gasteiger partial charge < -0.3 is 35.3 Å². The van der Waals surface area contributed by atoms with Crippen LogP contribution in [0.2, 0.25) is 5.02 Å². The van der Waals surface area contributed by atoms with E-state index < -0.39 is 12.1 Å². The van der Waals surface area contributed by atoms with Crippen molar-refractivity contribution in [3.8, 4) is 11.5 Å². The Morgan fingerprint density at radius 2 is 1.94 bits per heavy atom. The zero-order valence-electron chi connectivity index (χ0n) is 20.4. The fourth-order valence-corrected chi connectivity index (χ4v) is 3.51. The van der Waals surface area contributed by atoms with Crippen molar-refractivity contribution in [3.05, 3.63) is 53.1 Å². The quantitative estimate of drug-likeness (QED) is 0.192. The van der Waals surface area contributed by atoms with E-state index in [-0.39, 0.29) is 18.9 Å². The molecule has 0 heterocycles. The van der Waals surface area contributed by atoms with Crippen LogP contribution in [0.15, 0.2) is 42.5 Å². The van der Waals surface area contributed by atoms with E-state index in [4.69, 9.17) is 21.1 Å². The van der Waals surface area contributed by atoms with Crippen LogP contribution in [0.4, 0.5) is 5.69 Å². The molecule has 8 nitrogen and oxygen atoms in total. The van der Waals surface area contributed by atoms with Crippen LogP contribution in [0.1, 0.15) is 38.2 Å². The van der Waals surface area contributed by atoms with Gasteiger partial charge in [-0.15, -0.1) is 0 Å². The number of carbonyl (C=O) groups is 2. The molecule has 0 aliphatic carbocycles. The molecule has 9 heteroatoms. The Kier molecular flexibility index (Phi) is 13.0. The van der Waals surface area contributed by atoms with E-state index in [9.17, 15) is 14.7 Å². The summed E-state index contributed by atoms with van der Waals surface area (Å²) < 4.78 is 11.1. The SMILES string of the molecule is COc1ccc(CNCCCCOc2cc(Cl)ccc2N[C@H](C)C(=O)NC(CO)CCC=O)cc1.